The van der Waals surface area contributed by atoms with E-state index in [-0.39, 0.29) is 12.5 Å². The van der Waals surface area contributed by atoms with Crippen molar-refractivity contribution in [1.82, 2.24) is 9.80 Å². The summed E-state index contributed by atoms with van der Waals surface area (Å²) in [6.07, 6.45) is 1.38. The van der Waals surface area contributed by atoms with Gasteiger partial charge < -0.3 is 10.0 Å². The lowest BCUT2D eigenvalue weighted by atomic mass is 10.1. The van der Waals surface area contributed by atoms with Gasteiger partial charge in [0.15, 0.2) is 0 Å². The fraction of sp³-hybridized carbons (Fsp3) is 0.909. The lowest BCUT2D eigenvalue weighted by Gasteiger charge is -2.41. The van der Waals surface area contributed by atoms with E-state index < -0.39 is 5.97 Å². The largest absolute Gasteiger partial charge is 0.481 e. The Kier molecular flexibility index (Phi) is 4.54. The average molecular weight is 214 g/mol. The van der Waals surface area contributed by atoms with E-state index in [1.165, 1.54) is 0 Å². The van der Waals surface area contributed by atoms with Gasteiger partial charge in [-0.3, -0.25) is 9.69 Å². The van der Waals surface area contributed by atoms with Crippen LogP contribution in [-0.4, -0.2) is 59.6 Å². The molecule has 15 heavy (non-hydrogen) atoms. The Bertz CT molecular complexity index is 221. The summed E-state index contributed by atoms with van der Waals surface area (Å²) in [6.45, 7) is 7.23. The molecule has 1 aliphatic rings. The number of carboxylic acid groups (broad SMARTS) is 1. The van der Waals surface area contributed by atoms with Gasteiger partial charge in [-0.25, -0.2) is 0 Å². The van der Waals surface area contributed by atoms with Gasteiger partial charge in [-0.1, -0.05) is 6.92 Å². The van der Waals surface area contributed by atoms with Crippen molar-refractivity contribution in [3.63, 3.8) is 0 Å². The topological polar surface area (TPSA) is 43.8 Å². The Morgan fingerprint density at radius 2 is 2.20 bits per heavy atom. The zero-order valence-corrected chi connectivity index (χ0v) is 9.94. The normalized spacial score (nSPS) is 26.5. The molecular formula is C11H22N2O2. The third kappa shape index (κ3) is 3.47. The number of hydrogen-bond donors (Lipinski definition) is 1. The number of hydrogen-bond acceptors (Lipinski definition) is 3. The maximum atomic E-state index is 10.6. The van der Waals surface area contributed by atoms with Crippen LogP contribution in [0.1, 0.15) is 26.7 Å². The van der Waals surface area contributed by atoms with Crippen molar-refractivity contribution in [2.75, 3.05) is 26.7 Å². The van der Waals surface area contributed by atoms with E-state index in [1.807, 2.05) is 6.92 Å². The number of nitrogens with zero attached hydrogens (tertiary/aromatic N) is 2. The van der Waals surface area contributed by atoms with Crippen molar-refractivity contribution < 1.29 is 9.90 Å². The van der Waals surface area contributed by atoms with E-state index in [0.717, 1.165) is 26.1 Å². The summed E-state index contributed by atoms with van der Waals surface area (Å²) in [5.74, 6) is -0.700. The Morgan fingerprint density at radius 1 is 1.53 bits per heavy atom. The van der Waals surface area contributed by atoms with Crippen LogP contribution in [0.25, 0.3) is 0 Å². The predicted octanol–water partition coefficient (Wildman–Crippen LogP) is 0.876. The van der Waals surface area contributed by atoms with Crippen LogP contribution in [0.15, 0.2) is 0 Å². The first-order chi connectivity index (χ1) is 7.04. The molecule has 0 bridgehead atoms. The fourth-order valence-corrected chi connectivity index (χ4v) is 2.19. The molecule has 0 radical (unpaired) electrons. The molecule has 0 aliphatic carbocycles. The standard InChI is InChI=1S/C11H22N2O2/c1-4-10-8-13(6-5-12(10)3)9(2)7-11(14)15/h9-10H,4-8H2,1-3H3,(H,14,15). The molecule has 1 heterocycles. The van der Waals surface area contributed by atoms with Crippen molar-refractivity contribution in [3.8, 4) is 0 Å². The number of aliphatic carboxylic acids is 1. The van der Waals surface area contributed by atoms with Crippen LogP contribution in [-0.2, 0) is 4.79 Å². The molecule has 0 amide bonds. The molecule has 0 aromatic heterocycles. The molecular weight excluding hydrogens is 192 g/mol. The lowest BCUT2D eigenvalue weighted by molar-refractivity contribution is -0.138. The highest BCUT2D eigenvalue weighted by atomic mass is 16.4. The second-order valence-corrected chi connectivity index (χ2v) is 4.48. The third-order valence-electron chi connectivity index (χ3n) is 3.37. The molecule has 2 unspecified atom stereocenters. The molecule has 1 rings (SSSR count). The highest BCUT2D eigenvalue weighted by molar-refractivity contribution is 5.67. The van der Waals surface area contributed by atoms with Crippen molar-refractivity contribution in [1.29, 1.82) is 0 Å². The maximum absolute atomic E-state index is 10.6. The second kappa shape index (κ2) is 5.47. The van der Waals surface area contributed by atoms with Gasteiger partial charge in [0.25, 0.3) is 0 Å². The Labute approximate surface area is 91.9 Å². The number of piperazine rings is 1. The smallest absolute Gasteiger partial charge is 0.304 e. The van der Waals surface area contributed by atoms with Gasteiger partial charge in [0.1, 0.15) is 0 Å². The quantitative estimate of drug-likeness (QED) is 0.754. The van der Waals surface area contributed by atoms with Crippen molar-refractivity contribution >= 4 is 5.97 Å². The summed E-state index contributed by atoms with van der Waals surface area (Å²) >= 11 is 0. The maximum Gasteiger partial charge on any atom is 0.304 e. The van der Waals surface area contributed by atoms with Crippen LogP contribution >= 0.6 is 0 Å². The van der Waals surface area contributed by atoms with Gasteiger partial charge in [0, 0.05) is 31.7 Å². The van der Waals surface area contributed by atoms with Crippen LogP contribution in [0, 0.1) is 0 Å². The fourth-order valence-electron chi connectivity index (χ4n) is 2.19. The van der Waals surface area contributed by atoms with Crippen molar-refractivity contribution in [2.45, 2.75) is 38.8 Å². The summed E-state index contributed by atoms with van der Waals surface area (Å²) in [5.41, 5.74) is 0. The molecule has 0 aromatic rings. The van der Waals surface area contributed by atoms with Gasteiger partial charge in [-0.05, 0) is 20.4 Å². The number of likely N-dealkylation sites (N-methyl/N-ethyl adjacent to an activating group) is 1. The minimum Gasteiger partial charge on any atom is -0.481 e. The summed E-state index contributed by atoms with van der Waals surface area (Å²) < 4.78 is 0. The van der Waals surface area contributed by atoms with E-state index in [4.69, 9.17) is 5.11 Å². The van der Waals surface area contributed by atoms with E-state index in [0.29, 0.717) is 6.04 Å². The summed E-state index contributed by atoms with van der Waals surface area (Å²) in [4.78, 5) is 15.3. The summed E-state index contributed by atoms with van der Waals surface area (Å²) in [5, 5.41) is 8.75. The number of carbonyl (C=O) groups is 1. The van der Waals surface area contributed by atoms with Gasteiger partial charge in [-0.2, -0.15) is 0 Å². The van der Waals surface area contributed by atoms with Crippen LogP contribution in [0.2, 0.25) is 0 Å². The SMILES string of the molecule is CCC1CN(C(C)CC(=O)O)CCN1C. The Hall–Kier alpha value is -0.610. The molecule has 0 spiro atoms. The highest BCUT2D eigenvalue weighted by Crippen LogP contribution is 2.14. The van der Waals surface area contributed by atoms with Crippen molar-refractivity contribution in [2.24, 2.45) is 0 Å². The van der Waals surface area contributed by atoms with Gasteiger partial charge in [0.2, 0.25) is 0 Å². The molecule has 1 aliphatic heterocycles. The first-order valence-electron chi connectivity index (χ1n) is 5.70. The molecule has 0 aromatic carbocycles. The first-order valence-corrected chi connectivity index (χ1v) is 5.70. The van der Waals surface area contributed by atoms with Gasteiger partial charge in [-0.15, -0.1) is 0 Å². The average Bonchev–Trinajstić information content (AvgIpc) is 2.17. The monoisotopic (exact) mass is 214 g/mol. The zero-order chi connectivity index (χ0) is 11.4. The second-order valence-electron chi connectivity index (χ2n) is 4.48. The Morgan fingerprint density at radius 3 is 2.73 bits per heavy atom. The number of rotatable bonds is 4. The molecule has 1 saturated heterocycles. The molecule has 4 heteroatoms. The molecule has 0 saturated carbocycles. The molecule has 88 valence electrons. The zero-order valence-electron chi connectivity index (χ0n) is 9.94. The third-order valence-corrected chi connectivity index (χ3v) is 3.37. The van der Waals surface area contributed by atoms with Crippen molar-refractivity contribution in [3.05, 3.63) is 0 Å². The minimum absolute atomic E-state index is 0.158. The van der Waals surface area contributed by atoms with Crippen LogP contribution in [0.5, 0.6) is 0 Å². The van der Waals surface area contributed by atoms with E-state index in [2.05, 4.69) is 23.8 Å². The minimum atomic E-state index is -0.700. The molecule has 1 fully saturated rings. The lowest BCUT2D eigenvalue weighted by Crippen LogP contribution is -2.53. The van der Waals surface area contributed by atoms with Gasteiger partial charge in [0.05, 0.1) is 6.42 Å². The van der Waals surface area contributed by atoms with E-state index >= 15 is 0 Å². The predicted molar refractivity (Wildman–Crippen MR) is 60.0 cm³/mol. The molecule has 1 N–H and O–H groups in total. The molecule has 4 nitrogen and oxygen atoms in total. The van der Waals surface area contributed by atoms with E-state index in [1.54, 1.807) is 0 Å². The summed E-state index contributed by atoms with van der Waals surface area (Å²) in [7, 11) is 2.15. The summed E-state index contributed by atoms with van der Waals surface area (Å²) in [6, 6.07) is 0.736. The van der Waals surface area contributed by atoms with E-state index in [9.17, 15) is 4.79 Å². The first kappa shape index (κ1) is 12.5. The highest BCUT2D eigenvalue weighted by Gasteiger charge is 2.26. The van der Waals surface area contributed by atoms with Gasteiger partial charge >= 0.3 is 5.97 Å². The Balaban J connectivity index is 2.46. The molecule has 2 atom stereocenters. The number of carboxylic acids is 1. The van der Waals surface area contributed by atoms with Crippen LogP contribution in [0.4, 0.5) is 0 Å². The van der Waals surface area contributed by atoms with Crippen LogP contribution in [0.3, 0.4) is 0 Å². The van der Waals surface area contributed by atoms with Crippen LogP contribution < -0.4 is 0 Å².